The minimum atomic E-state index is -0.338. The molecule has 6 nitrogen and oxygen atoms in total. The molecule has 1 N–H and O–H groups in total. The number of rotatable bonds is 8. The van der Waals surface area contributed by atoms with Gasteiger partial charge in [0.2, 0.25) is 0 Å². The van der Waals surface area contributed by atoms with Gasteiger partial charge < -0.3 is 10.1 Å². The van der Waals surface area contributed by atoms with E-state index < -0.39 is 0 Å². The van der Waals surface area contributed by atoms with Gasteiger partial charge in [-0.2, -0.15) is 5.10 Å². The van der Waals surface area contributed by atoms with Gasteiger partial charge in [0, 0.05) is 23.0 Å². The second-order valence-corrected chi connectivity index (χ2v) is 7.95. The number of aromatic nitrogens is 2. The van der Waals surface area contributed by atoms with E-state index in [1.54, 1.807) is 0 Å². The summed E-state index contributed by atoms with van der Waals surface area (Å²) in [5, 5.41) is 7.75. The van der Waals surface area contributed by atoms with Crippen LogP contribution in [-0.4, -0.2) is 28.8 Å². The van der Waals surface area contributed by atoms with Gasteiger partial charge in [-0.3, -0.25) is 9.59 Å². The summed E-state index contributed by atoms with van der Waals surface area (Å²) in [5.74, 6) is 0.374. The molecule has 1 amide bonds. The van der Waals surface area contributed by atoms with E-state index in [0.29, 0.717) is 17.3 Å². The van der Waals surface area contributed by atoms with Crippen LogP contribution in [-0.2, 0) is 12.0 Å². The number of halogens is 1. The standard InChI is InChI=1S/C23H24ClN3O3/c1-23(2,17-8-10-18(24)11-9-17)16-25-22(29)20-12-13-21(28)27(26-20)14-15-30-19-6-4-3-5-7-19/h3-13H,14-16H2,1-2H3,(H,25,29). The van der Waals surface area contributed by atoms with Gasteiger partial charge in [0.1, 0.15) is 18.1 Å². The highest BCUT2D eigenvalue weighted by Crippen LogP contribution is 2.23. The van der Waals surface area contributed by atoms with Crippen LogP contribution in [0.2, 0.25) is 5.02 Å². The summed E-state index contributed by atoms with van der Waals surface area (Å²) >= 11 is 5.95. The summed E-state index contributed by atoms with van der Waals surface area (Å²) < 4.78 is 6.84. The van der Waals surface area contributed by atoms with Gasteiger partial charge in [0.25, 0.3) is 11.5 Å². The van der Waals surface area contributed by atoms with Gasteiger partial charge in [-0.15, -0.1) is 0 Å². The molecule has 0 aliphatic rings. The Kier molecular flexibility index (Phi) is 6.90. The molecular formula is C23H24ClN3O3. The molecule has 0 spiro atoms. The quantitative estimate of drug-likeness (QED) is 0.597. The number of hydrogen-bond donors (Lipinski definition) is 1. The van der Waals surface area contributed by atoms with Crippen molar-refractivity contribution in [1.82, 2.24) is 15.1 Å². The largest absolute Gasteiger partial charge is 0.492 e. The molecule has 0 radical (unpaired) electrons. The van der Waals surface area contributed by atoms with E-state index in [0.717, 1.165) is 5.56 Å². The lowest BCUT2D eigenvalue weighted by Crippen LogP contribution is -2.38. The number of nitrogens with zero attached hydrogens (tertiary/aromatic N) is 2. The molecule has 0 atom stereocenters. The first kappa shape index (κ1) is 21.6. The van der Waals surface area contributed by atoms with Crippen LogP contribution >= 0.6 is 11.6 Å². The predicted molar refractivity (Wildman–Crippen MR) is 117 cm³/mol. The minimum Gasteiger partial charge on any atom is -0.492 e. The Hall–Kier alpha value is -3.12. The summed E-state index contributed by atoms with van der Waals surface area (Å²) in [6.45, 7) is 4.99. The van der Waals surface area contributed by atoms with Crippen molar-refractivity contribution in [2.45, 2.75) is 25.8 Å². The Bertz CT molecular complexity index is 1050. The maximum absolute atomic E-state index is 12.6. The van der Waals surface area contributed by atoms with E-state index in [-0.39, 0.29) is 35.7 Å². The monoisotopic (exact) mass is 425 g/mol. The molecule has 1 heterocycles. The van der Waals surface area contributed by atoms with Crippen molar-refractivity contribution in [1.29, 1.82) is 0 Å². The lowest BCUT2D eigenvalue weighted by atomic mass is 9.84. The molecule has 7 heteroatoms. The number of carbonyl (C=O) groups is 1. The molecule has 0 aliphatic heterocycles. The van der Waals surface area contributed by atoms with Crippen LogP contribution in [0.15, 0.2) is 71.5 Å². The van der Waals surface area contributed by atoms with Gasteiger partial charge in [-0.05, 0) is 35.9 Å². The molecule has 0 saturated carbocycles. The lowest BCUT2D eigenvalue weighted by Gasteiger charge is -2.25. The number of benzene rings is 2. The summed E-state index contributed by atoms with van der Waals surface area (Å²) in [5.41, 5.74) is 0.659. The maximum Gasteiger partial charge on any atom is 0.271 e. The molecule has 0 bridgehead atoms. The third-order valence-corrected chi connectivity index (χ3v) is 4.98. The smallest absolute Gasteiger partial charge is 0.271 e. The lowest BCUT2D eigenvalue weighted by molar-refractivity contribution is 0.0937. The van der Waals surface area contributed by atoms with E-state index in [2.05, 4.69) is 10.4 Å². The highest BCUT2D eigenvalue weighted by Gasteiger charge is 2.22. The number of carbonyl (C=O) groups excluding carboxylic acids is 1. The Morgan fingerprint density at radius 3 is 2.47 bits per heavy atom. The van der Waals surface area contributed by atoms with Crippen molar-refractivity contribution in [2.24, 2.45) is 0 Å². The fourth-order valence-electron chi connectivity index (χ4n) is 2.89. The Morgan fingerprint density at radius 1 is 1.07 bits per heavy atom. The molecule has 156 valence electrons. The van der Waals surface area contributed by atoms with Crippen molar-refractivity contribution in [3.05, 3.63) is 93.4 Å². The molecule has 30 heavy (non-hydrogen) atoms. The molecule has 0 fully saturated rings. The average molecular weight is 426 g/mol. The van der Waals surface area contributed by atoms with Crippen molar-refractivity contribution < 1.29 is 9.53 Å². The van der Waals surface area contributed by atoms with Crippen LogP contribution in [0.3, 0.4) is 0 Å². The Labute approximate surface area is 180 Å². The predicted octanol–water partition coefficient (Wildman–Crippen LogP) is 3.68. The molecule has 0 aliphatic carbocycles. The van der Waals surface area contributed by atoms with Crippen molar-refractivity contribution >= 4 is 17.5 Å². The van der Waals surface area contributed by atoms with E-state index in [1.807, 2.05) is 68.4 Å². The van der Waals surface area contributed by atoms with E-state index in [1.165, 1.54) is 16.8 Å². The molecule has 1 aromatic heterocycles. The van der Waals surface area contributed by atoms with Crippen molar-refractivity contribution in [2.75, 3.05) is 13.2 Å². The molecular weight excluding hydrogens is 402 g/mol. The fourth-order valence-corrected chi connectivity index (χ4v) is 3.02. The number of para-hydroxylation sites is 1. The van der Waals surface area contributed by atoms with Crippen LogP contribution in [0.4, 0.5) is 0 Å². The van der Waals surface area contributed by atoms with Crippen molar-refractivity contribution in [3.8, 4) is 5.75 Å². The van der Waals surface area contributed by atoms with Gasteiger partial charge in [-0.25, -0.2) is 4.68 Å². The number of amides is 1. The summed E-state index contributed by atoms with van der Waals surface area (Å²) in [6, 6.07) is 19.6. The first-order valence-electron chi connectivity index (χ1n) is 9.65. The normalized spacial score (nSPS) is 11.2. The highest BCUT2D eigenvalue weighted by molar-refractivity contribution is 6.30. The average Bonchev–Trinajstić information content (AvgIpc) is 2.74. The van der Waals surface area contributed by atoms with E-state index >= 15 is 0 Å². The Balaban J connectivity index is 1.61. The third kappa shape index (κ3) is 5.70. The van der Waals surface area contributed by atoms with Gasteiger partial charge in [0.05, 0.1) is 6.54 Å². The Morgan fingerprint density at radius 2 is 1.77 bits per heavy atom. The second-order valence-electron chi connectivity index (χ2n) is 7.51. The van der Waals surface area contributed by atoms with Crippen LogP contribution < -0.4 is 15.6 Å². The maximum atomic E-state index is 12.6. The zero-order valence-electron chi connectivity index (χ0n) is 17.0. The molecule has 0 unspecified atom stereocenters. The van der Waals surface area contributed by atoms with Crippen LogP contribution in [0, 0.1) is 0 Å². The fraction of sp³-hybridized carbons (Fsp3) is 0.261. The molecule has 0 saturated heterocycles. The molecule has 3 aromatic rings. The highest BCUT2D eigenvalue weighted by atomic mass is 35.5. The summed E-state index contributed by atoms with van der Waals surface area (Å²) in [6.07, 6.45) is 0. The van der Waals surface area contributed by atoms with Crippen LogP contribution in [0.1, 0.15) is 29.9 Å². The van der Waals surface area contributed by atoms with E-state index in [4.69, 9.17) is 16.3 Å². The summed E-state index contributed by atoms with van der Waals surface area (Å²) in [4.78, 5) is 24.7. The van der Waals surface area contributed by atoms with Crippen molar-refractivity contribution in [3.63, 3.8) is 0 Å². The van der Waals surface area contributed by atoms with E-state index in [9.17, 15) is 9.59 Å². The van der Waals surface area contributed by atoms with Crippen LogP contribution in [0.25, 0.3) is 0 Å². The zero-order valence-corrected chi connectivity index (χ0v) is 17.7. The third-order valence-electron chi connectivity index (χ3n) is 4.73. The molecule has 2 aromatic carbocycles. The van der Waals surface area contributed by atoms with Gasteiger partial charge in [0.15, 0.2) is 0 Å². The first-order valence-corrected chi connectivity index (χ1v) is 10.0. The topological polar surface area (TPSA) is 73.2 Å². The second kappa shape index (κ2) is 9.59. The number of ether oxygens (including phenoxy) is 1. The summed E-state index contributed by atoms with van der Waals surface area (Å²) in [7, 11) is 0. The zero-order chi connectivity index (χ0) is 21.6. The number of nitrogens with one attached hydrogen (secondary N) is 1. The SMILES string of the molecule is CC(C)(CNC(=O)c1ccc(=O)n(CCOc2ccccc2)n1)c1ccc(Cl)cc1. The van der Waals surface area contributed by atoms with Gasteiger partial charge >= 0.3 is 0 Å². The van der Waals surface area contributed by atoms with Gasteiger partial charge in [-0.1, -0.05) is 55.8 Å². The van der Waals surface area contributed by atoms with Crippen LogP contribution in [0.5, 0.6) is 5.75 Å². The first-order chi connectivity index (χ1) is 14.3. The number of hydrogen-bond acceptors (Lipinski definition) is 4. The minimum absolute atomic E-state index is 0.182. The molecule has 3 rings (SSSR count).